The standard InChI is InChI=1S/C25H30N4O3/c1-5-18-13-20-21(11-16(18)4)29(23-22(26-20)24(30)28-25(31)27-23)14-19(32-6-2)12-17-9-7-15(3)8-10-17/h7,9-11,13,15,19H,5-6,8,12,14H2,1-4H3,(H,28,30,31). The van der Waals surface area contributed by atoms with Gasteiger partial charge in [-0.15, -0.1) is 0 Å². The van der Waals surface area contributed by atoms with Crippen LogP contribution < -0.4 is 11.2 Å². The Morgan fingerprint density at radius 3 is 2.75 bits per heavy atom. The molecule has 4 rings (SSSR count). The zero-order chi connectivity index (χ0) is 22.8. The Bertz CT molecular complexity index is 1280. The number of nitrogens with one attached hydrogen (secondary N) is 1. The molecule has 168 valence electrons. The Kier molecular flexibility index (Phi) is 6.37. The first-order valence-electron chi connectivity index (χ1n) is 11.3. The molecule has 0 aromatic heterocycles. The average Bonchev–Trinajstić information content (AvgIpc) is 2.76. The predicted octanol–water partition coefficient (Wildman–Crippen LogP) is 3.77. The van der Waals surface area contributed by atoms with Crippen molar-refractivity contribution in [2.24, 2.45) is 5.92 Å². The van der Waals surface area contributed by atoms with Crippen molar-refractivity contribution < 1.29 is 4.74 Å². The third-order valence-corrected chi connectivity index (χ3v) is 6.09. The summed E-state index contributed by atoms with van der Waals surface area (Å²) in [6, 6.07) is 4.09. The Hall–Kier alpha value is -3.06. The SMILES string of the molecule is CCOC(CC1=CCC(C)C=C1)Cn1c2nc(=O)[nH]c(=O)c-2nc2cc(CC)c(C)cc21. The van der Waals surface area contributed by atoms with E-state index in [1.54, 1.807) is 0 Å². The first-order chi connectivity index (χ1) is 15.4. The molecule has 1 aromatic rings. The highest BCUT2D eigenvalue weighted by atomic mass is 16.5. The molecule has 2 heterocycles. The third kappa shape index (κ3) is 4.43. The number of benzene rings is 1. The van der Waals surface area contributed by atoms with Gasteiger partial charge in [-0.1, -0.05) is 32.1 Å². The molecule has 7 heteroatoms. The fourth-order valence-electron chi connectivity index (χ4n) is 4.36. The van der Waals surface area contributed by atoms with Crippen LogP contribution in [0.5, 0.6) is 0 Å². The van der Waals surface area contributed by atoms with Crippen molar-refractivity contribution in [1.82, 2.24) is 19.5 Å². The highest BCUT2D eigenvalue weighted by molar-refractivity contribution is 5.81. The van der Waals surface area contributed by atoms with Gasteiger partial charge in [0.25, 0.3) is 5.56 Å². The van der Waals surface area contributed by atoms with E-state index in [9.17, 15) is 9.59 Å². The molecule has 2 unspecified atom stereocenters. The summed E-state index contributed by atoms with van der Waals surface area (Å²) in [5, 5.41) is 0. The van der Waals surface area contributed by atoms with E-state index in [1.807, 2.05) is 17.6 Å². The number of aromatic nitrogens is 4. The fraction of sp³-hybridized carbons (Fsp3) is 0.440. The van der Waals surface area contributed by atoms with Crippen LogP contribution in [0.3, 0.4) is 0 Å². The van der Waals surface area contributed by atoms with Gasteiger partial charge in [-0.25, -0.2) is 9.78 Å². The van der Waals surface area contributed by atoms with Crippen molar-refractivity contribution in [2.45, 2.75) is 59.6 Å². The number of aromatic amines is 1. The molecule has 1 aromatic carbocycles. The van der Waals surface area contributed by atoms with E-state index in [0.29, 0.717) is 30.4 Å². The number of nitrogens with zero attached hydrogens (tertiary/aromatic N) is 3. The van der Waals surface area contributed by atoms with Gasteiger partial charge in [0, 0.05) is 13.0 Å². The van der Waals surface area contributed by atoms with Crippen LogP contribution in [0.2, 0.25) is 0 Å². The highest BCUT2D eigenvalue weighted by Crippen LogP contribution is 2.27. The maximum absolute atomic E-state index is 12.6. The lowest BCUT2D eigenvalue weighted by molar-refractivity contribution is 0.0521. The first kappa shape index (κ1) is 22.1. The quantitative estimate of drug-likeness (QED) is 0.572. The third-order valence-electron chi connectivity index (χ3n) is 6.09. The fourth-order valence-corrected chi connectivity index (χ4v) is 4.36. The average molecular weight is 435 g/mol. The number of hydrogen-bond acceptors (Lipinski definition) is 5. The van der Waals surface area contributed by atoms with Crippen LogP contribution in [-0.2, 0) is 17.7 Å². The molecule has 0 spiro atoms. The van der Waals surface area contributed by atoms with Gasteiger partial charge in [0.1, 0.15) is 0 Å². The maximum atomic E-state index is 12.6. The number of aryl methyl sites for hydroxylation is 2. The monoisotopic (exact) mass is 434 g/mol. The largest absolute Gasteiger partial charge is 0.376 e. The molecule has 1 aliphatic carbocycles. The maximum Gasteiger partial charge on any atom is 0.349 e. The molecule has 3 aliphatic rings. The molecular weight excluding hydrogens is 404 g/mol. The van der Waals surface area contributed by atoms with Crippen molar-refractivity contribution in [3.05, 3.63) is 67.9 Å². The van der Waals surface area contributed by atoms with Crippen molar-refractivity contribution in [2.75, 3.05) is 6.61 Å². The van der Waals surface area contributed by atoms with Crippen LogP contribution in [0, 0.1) is 12.8 Å². The molecule has 0 saturated heterocycles. The van der Waals surface area contributed by atoms with E-state index in [0.717, 1.165) is 30.3 Å². The van der Waals surface area contributed by atoms with Gasteiger partial charge in [0.05, 0.1) is 23.7 Å². The first-order valence-corrected chi connectivity index (χ1v) is 11.3. The van der Waals surface area contributed by atoms with Gasteiger partial charge in [0.15, 0.2) is 11.5 Å². The molecule has 0 amide bonds. The molecule has 1 N–H and O–H groups in total. The second-order valence-electron chi connectivity index (χ2n) is 8.52. The zero-order valence-electron chi connectivity index (χ0n) is 19.1. The summed E-state index contributed by atoms with van der Waals surface area (Å²) in [6.45, 7) is 9.37. The van der Waals surface area contributed by atoms with Crippen LogP contribution in [0.1, 0.15) is 44.7 Å². The number of rotatable bonds is 7. The van der Waals surface area contributed by atoms with E-state index in [1.165, 1.54) is 11.1 Å². The lowest BCUT2D eigenvalue weighted by atomic mass is 9.95. The van der Waals surface area contributed by atoms with Crippen molar-refractivity contribution >= 4 is 11.0 Å². The molecule has 7 nitrogen and oxygen atoms in total. The van der Waals surface area contributed by atoms with Crippen LogP contribution in [-0.4, -0.2) is 32.2 Å². The summed E-state index contributed by atoms with van der Waals surface area (Å²) in [4.78, 5) is 35.6. The normalized spacial score (nSPS) is 17.1. The van der Waals surface area contributed by atoms with Crippen molar-refractivity contribution in [3.63, 3.8) is 0 Å². The van der Waals surface area contributed by atoms with Gasteiger partial charge in [-0.3, -0.25) is 9.78 Å². The molecule has 0 radical (unpaired) electrons. The molecule has 2 atom stereocenters. The summed E-state index contributed by atoms with van der Waals surface area (Å²) >= 11 is 0. The van der Waals surface area contributed by atoms with E-state index in [4.69, 9.17) is 4.74 Å². The summed E-state index contributed by atoms with van der Waals surface area (Å²) in [5.74, 6) is 0.843. The molecule has 0 fully saturated rings. The highest BCUT2D eigenvalue weighted by Gasteiger charge is 2.22. The molecule has 32 heavy (non-hydrogen) atoms. The van der Waals surface area contributed by atoms with E-state index < -0.39 is 11.2 Å². The van der Waals surface area contributed by atoms with Gasteiger partial charge >= 0.3 is 5.69 Å². The summed E-state index contributed by atoms with van der Waals surface area (Å²) < 4.78 is 8.03. The van der Waals surface area contributed by atoms with E-state index >= 15 is 0 Å². The Morgan fingerprint density at radius 2 is 2.06 bits per heavy atom. The second-order valence-corrected chi connectivity index (χ2v) is 8.52. The number of H-pyrrole nitrogens is 1. The van der Waals surface area contributed by atoms with Gasteiger partial charge in [0.2, 0.25) is 0 Å². The van der Waals surface area contributed by atoms with Crippen molar-refractivity contribution in [3.8, 4) is 11.5 Å². The van der Waals surface area contributed by atoms with Gasteiger partial charge in [-0.05, 0) is 61.4 Å². The number of allylic oxidation sites excluding steroid dienone is 3. The predicted molar refractivity (Wildman–Crippen MR) is 126 cm³/mol. The van der Waals surface area contributed by atoms with Crippen LogP contribution >= 0.6 is 0 Å². The van der Waals surface area contributed by atoms with E-state index in [2.05, 4.69) is 60.0 Å². The van der Waals surface area contributed by atoms with Gasteiger partial charge < -0.3 is 9.30 Å². The molecule has 0 bridgehead atoms. The number of hydrogen-bond donors (Lipinski definition) is 1. The lowest BCUT2D eigenvalue weighted by Crippen LogP contribution is -2.31. The van der Waals surface area contributed by atoms with Crippen molar-refractivity contribution in [1.29, 1.82) is 0 Å². The minimum Gasteiger partial charge on any atom is -0.376 e. The second kappa shape index (κ2) is 9.20. The number of ether oxygens (including phenoxy) is 1. The Labute approximate surface area is 187 Å². The Balaban J connectivity index is 1.85. The van der Waals surface area contributed by atoms with Crippen LogP contribution in [0.4, 0.5) is 0 Å². The zero-order valence-corrected chi connectivity index (χ0v) is 19.1. The molecular formula is C25H30N4O3. The van der Waals surface area contributed by atoms with E-state index in [-0.39, 0.29) is 11.8 Å². The summed E-state index contributed by atoms with van der Waals surface area (Å²) in [5.41, 5.74) is 4.10. The minimum absolute atomic E-state index is 0.134. The van der Waals surface area contributed by atoms with Crippen LogP contribution in [0.25, 0.3) is 22.6 Å². The Morgan fingerprint density at radius 1 is 1.25 bits per heavy atom. The lowest BCUT2D eigenvalue weighted by Gasteiger charge is -2.24. The van der Waals surface area contributed by atoms with Gasteiger partial charge in [-0.2, -0.15) is 4.98 Å². The summed E-state index contributed by atoms with van der Waals surface area (Å²) in [7, 11) is 0. The smallest absolute Gasteiger partial charge is 0.349 e. The summed E-state index contributed by atoms with van der Waals surface area (Å²) in [6.07, 6.45) is 9.16. The number of fused-ring (bicyclic) bond motifs is 2. The molecule has 2 aliphatic heterocycles. The molecule has 0 saturated carbocycles. The topological polar surface area (TPSA) is 89.9 Å². The van der Waals surface area contributed by atoms with Crippen LogP contribution in [0.15, 0.2) is 45.5 Å². The minimum atomic E-state index is -0.667.